The lowest BCUT2D eigenvalue weighted by atomic mass is 10.3. The smallest absolute Gasteiger partial charge is 0.382 e. The second kappa shape index (κ2) is 6.19. The van der Waals surface area contributed by atoms with Gasteiger partial charge in [-0.25, -0.2) is 12.8 Å². The fraction of sp³-hybridized carbons (Fsp3) is 0.308. The molecule has 0 amide bonds. The van der Waals surface area contributed by atoms with Crippen LogP contribution in [0.2, 0.25) is 0 Å². The van der Waals surface area contributed by atoms with Crippen molar-refractivity contribution >= 4 is 15.5 Å². The largest absolute Gasteiger partial charge is 0.501 e. The van der Waals surface area contributed by atoms with Gasteiger partial charge in [0.15, 0.2) is 0 Å². The summed E-state index contributed by atoms with van der Waals surface area (Å²) in [6.07, 6.45) is 3.33. The average molecular weight is 351 g/mol. The van der Waals surface area contributed by atoms with Gasteiger partial charge in [-0.05, 0) is 30.7 Å². The van der Waals surface area contributed by atoms with E-state index in [1.807, 2.05) is 6.92 Å². The summed E-state index contributed by atoms with van der Waals surface area (Å²) in [5, 5.41) is 6.56. The van der Waals surface area contributed by atoms with Crippen molar-refractivity contribution in [2.75, 3.05) is 11.9 Å². The third-order valence-electron chi connectivity index (χ3n) is 2.96. The second-order valence-corrected chi connectivity index (χ2v) is 6.71. The maximum atomic E-state index is 13.2. The number of aryl methyl sites for hydroxylation is 1. The van der Waals surface area contributed by atoms with E-state index in [0.717, 1.165) is 17.7 Å². The van der Waals surface area contributed by atoms with Crippen LogP contribution in [0.15, 0.2) is 35.5 Å². The van der Waals surface area contributed by atoms with E-state index in [2.05, 4.69) is 10.4 Å². The van der Waals surface area contributed by atoms with Crippen molar-refractivity contribution in [2.24, 2.45) is 0 Å². The highest BCUT2D eigenvalue weighted by atomic mass is 32.2. The van der Waals surface area contributed by atoms with Crippen LogP contribution in [0.4, 0.5) is 23.2 Å². The van der Waals surface area contributed by atoms with Crippen LogP contribution in [-0.4, -0.2) is 30.3 Å². The molecule has 0 saturated heterocycles. The van der Waals surface area contributed by atoms with E-state index in [-0.39, 0.29) is 12.2 Å². The van der Waals surface area contributed by atoms with Gasteiger partial charge in [0.1, 0.15) is 10.7 Å². The van der Waals surface area contributed by atoms with Crippen LogP contribution in [0.3, 0.4) is 0 Å². The highest BCUT2D eigenvalue weighted by molar-refractivity contribution is 7.92. The summed E-state index contributed by atoms with van der Waals surface area (Å²) in [6, 6.07) is 2.20. The number of hydrogen-bond donors (Lipinski definition) is 1. The molecule has 0 bridgehead atoms. The summed E-state index contributed by atoms with van der Waals surface area (Å²) >= 11 is 0. The predicted octanol–water partition coefficient (Wildman–Crippen LogP) is 2.74. The molecule has 2 rings (SSSR count). The Hall–Kier alpha value is -2.10. The number of alkyl halides is 3. The molecule has 5 nitrogen and oxygen atoms in total. The maximum Gasteiger partial charge on any atom is 0.501 e. The molecular weight excluding hydrogens is 338 g/mol. The Bertz CT molecular complexity index is 800. The molecule has 126 valence electrons. The quantitative estimate of drug-likeness (QED) is 0.842. The Morgan fingerprint density at radius 1 is 1.30 bits per heavy atom. The third-order valence-corrected chi connectivity index (χ3v) is 4.48. The molecule has 1 heterocycles. The lowest BCUT2D eigenvalue weighted by molar-refractivity contribution is -0.0435. The van der Waals surface area contributed by atoms with E-state index in [4.69, 9.17) is 0 Å². The van der Waals surface area contributed by atoms with E-state index < -0.39 is 26.1 Å². The molecule has 0 aliphatic heterocycles. The average Bonchev–Trinajstić information content (AvgIpc) is 2.84. The van der Waals surface area contributed by atoms with E-state index in [9.17, 15) is 26.0 Å². The first-order chi connectivity index (χ1) is 10.6. The van der Waals surface area contributed by atoms with Gasteiger partial charge in [-0.15, -0.1) is 0 Å². The molecule has 1 aromatic carbocycles. The summed E-state index contributed by atoms with van der Waals surface area (Å²) in [6.45, 7) is 2.24. The molecule has 0 aliphatic carbocycles. The van der Waals surface area contributed by atoms with Gasteiger partial charge in [0.05, 0.1) is 18.4 Å². The minimum Gasteiger partial charge on any atom is -0.382 e. The lowest BCUT2D eigenvalue weighted by Gasteiger charge is -2.14. The number of halogens is 4. The summed E-state index contributed by atoms with van der Waals surface area (Å²) < 4.78 is 75.8. The maximum absolute atomic E-state index is 13.2. The highest BCUT2D eigenvalue weighted by Gasteiger charge is 2.48. The summed E-state index contributed by atoms with van der Waals surface area (Å²) in [7, 11) is -5.65. The topological polar surface area (TPSA) is 64.0 Å². The second-order valence-electron chi connectivity index (χ2n) is 4.80. The fourth-order valence-electron chi connectivity index (χ4n) is 1.88. The summed E-state index contributed by atoms with van der Waals surface area (Å²) in [5.74, 6) is -1.07. The van der Waals surface area contributed by atoms with E-state index >= 15 is 0 Å². The lowest BCUT2D eigenvalue weighted by Crippen LogP contribution is -2.25. The molecule has 2 aromatic rings. The number of nitrogens with one attached hydrogen (secondary N) is 1. The van der Waals surface area contributed by atoms with Crippen molar-refractivity contribution in [1.82, 2.24) is 9.78 Å². The Kier molecular flexibility index (Phi) is 4.64. The van der Waals surface area contributed by atoms with Gasteiger partial charge >= 0.3 is 5.51 Å². The molecular formula is C13H13F4N3O2S. The Balaban J connectivity index is 2.22. The van der Waals surface area contributed by atoms with Crippen LogP contribution in [0, 0.1) is 12.7 Å². The minimum atomic E-state index is -5.65. The predicted molar refractivity (Wildman–Crippen MR) is 75.1 cm³/mol. The Morgan fingerprint density at radius 2 is 2.00 bits per heavy atom. The fourth-order valence-corrected chi connectivity index (χ4v) is 2.83. The van der Waals surface area contributed by atoms with Crippen LogP contribution in [-0.2, 0) is 16.4 Å². The van der Waals surface area contributed by atoms with Crippen LogP contribution in [0.25, 0.3) is 0 Å². The third kappa shape index (κ3) is 3.81. The van der Waals surface area contributed by atoms with Crippen molar-refractivity contribution in [3.8, 4) is 0 Å². The van der Waals surface area contributed by atoms with Crippen molar-refractivity contribution in [1.29, 1.82) is 0 Å². The van der Waals surface area contributed by atoms with E-state index in [1.165, 1.54) is 0 Å². The number of hydrogen-bond acceptors (Lipinski definition) is 4. The zero-order chi connectivity index (χ0) is 17.3. The van der Waals surface area contributed by atoms with Crippen LogP contribution >= 0.6 is 0 Å². The van der Waals surface area contributed by atoms with Gasteiger partial charge in [-0.2, -0.15) is 18.3 Å². The molecule has 0 unspecified atom stereocenters. The molecule has 1 N–H and O–H groups in total. The standard InChI is InChI=1S/C13H13F4N3O2S/c1-9-7-19-20(8-9)5-4-18-11-3-2-10(14)6-12(11)23(21,22)13(15,16)17/h2-3,6-8,18H,4-5H2,1H3. The van der Waals surface area contributed by atoms with E-state index in [1.54, 1.807) is 17.1 Å². The van der Waals surface area contributed by atoms with Gasteiger partial charge in [0.2, 0.25) is 0 Å². The van der Waals surface area contributed by atoms with Gasteiger partial charge in [0.25, 0.3) is 9.84 Å². The minimum absolute atomic E-state index is 0.118. The van der Waals surface area contributed by atoms with Crippen LogP contribution in [0.5, 0.6) is 0 Å². The summed E-state index contributed by atoms with van der Waals surface area (Å²) in [4.78, 5) is -1.14. The molecule has 23 heavy (non-hydrogen) atoms. The molecule has 0 fully saturated rings. The number of benzene rings is 1. The molecule has 1 aromatic heterocycles. The first-order valence-electron chi connectivity index (χ1n) is 6.45. The summed E-state index contributed by atoms with van der Waals surface area (Å²) in [5.41, 5.74) is -4.91. The van der Waals surface area contributed by atoms with Gasteiger partial charge in [0, 0.05) is 12.7 Å². The molecule has 0 atom stereocenters. The molecule has 0 saturated carbocycles. The number of anilines is 1. The van der Waals surface area contributed by atoms with Crippen molar-refractivity contribution in [3.05, 3.63) is 42.0 Å². The number of sulfone groups is 1. The Labute approximate surface area is 129 Å². The zero-order valence-corrected chi connectivity index (χ0v) is 12.7. The highest BCUT2D eigenvalue weighted by Crippen LogP contribution is 2.34. The van der Waals surface area contributed by atoms with Gasteiger partial charge in [-0.1, -0.05) is 0 Å². The van der Waals surface area contributed by atoms with Crippen molar-refractivity contribution < 1.29 is 26.0 Å². The molecule has 0 spiro atoms. The number of nitrogens with zero attached hydrogens (tertiary/aromatic N) is 2. The molecule has 10 heteroatoms. The first kappa shape index (κ1) is 17.3. The van der Waals surface area contributed by atoms with Gasteiger partial charge in [-0.3, -0.25) is 4.68 Å². The van der Waals surface area contributed by atoms with E-state index in [0.29, 0.717) is 12.6 Å². The van der Waals surface area contributed by atoms with Crippen molar-refractivity contribution in [3.63, 3.8) is 0 Å². The van der Waals surface area contributed by atoms with Crippen molar-refractivity contribution in [2.45, 2.75) is 23.9 Å². The molecule has 0 aliphatic rings. The Morgan fingerprint density at radius 3 is 2.57 bits per heavy atom. The van der Waals surface area contributed by atoms with Gasteiger partial charge < -0.3 is 5.32 Å². The number of rotatable bonds is 5. The number of aromatic nitrogens is 2. The first-order valence-corrected chi connectivity index (χ1v) is 7.93. The van der Waals surface area contributed by atoms with Crippen LogP contribution in [0.1, 0.15) is 5.56 Å². The molecule has 0 radical (unpaired) electrons. The monoisotopic (exact) mass is 351 g/mol. The SMILES string of the molecule is Cc1cnn(CCNc2ccc(F)cc2S(=O)(=O)C(F)(F)F)c1. The van der Waals surface area contributed by atoms with Crippen LogP contribution < -0.4 is 5.32 Å². The zero-order valence-electron chi connectivity index (χ0n) is 11.9. The normalized spacial score (nSPS) is 12.4.